The summed E-state index contributed by atoms with van der Waals surface area (Å²) < 4.78 is 0. The fraction of sp³-hybridized carbons (Fsp3) is 0.364. The van der Waals surface area contributed by atoms with Crippen molar-refractivity contribution in [3.8, 4) is 0 Å². The van der Waals surface area contributed by atoms with Crippen LogP contribution in [0.3, 0.4) is 0 Å². The van der Waals surface area contributed by atoms with E-state index in [-0.39, 0.29) is 6.04 Å². The molecule has 1 fully saturated rings. The summed E-state index contributed by atoms with van der Waals surface area (Å²) >= 11 is 0. The van der Waals surface area contributed by atoms with E-state index in [9.17, 15) is 5.11 Å². The second kappa shape index (κ2) is 3.55. The van der Waals surface area contributed by atoms with Gasteiger partial charge in [-0.15, -0.1) is 0 Å². The molecule has 1 aliphatic rings. The van der Waals surface area contributed by atoms with Gasteiger partial charge in [0, 0.05) is 13.2 Å². The number of hydrogen-bond acceptors (Lipinski definition) is 4. The summed E-state index contributed by atoms with van der Waals surface area (Å²) in [6.07, 6.45) is 1.12. The largest absolute Gasteiger partial charge is 0.371 e. The molecule has 0 bridgehead atoms. The van der Waals surface area contributed by atoms with Crippen LogP contribution in [0, 0.1) is 0 Å². The highest BCUT2D eigenvalue weighted by Crippen LogP contribution is 2.29. The van der Waals surface area contributed by atoms with Crippen molar-refractivity contribution in [1.82, 2.24) is 9.88 Å². The van der Waals surface area contributed by atoms with Gasteiger partial charge >= 0.3 is 0 Å². The molecule has 2 heterocycles. The first kappa shape index (κ1) is 9.98. The molecule has 0 aromatic carbocycles. The van der Waals surface area contributed by atoms with Gasteiger partial charge in [0.1, 0.15) is 11.6 Å². The second-order valence-corrected chi connectivity index (χ2v) is 3.74. The lowest BCUT2D eigenvalue weighted by Gasteiger charge is -2.21. The normalized spacial score (nSPS) is 26.2. The van der Waals surface area contributed by atoms with Crippen molar-refractivity contribution in [3.63, 3.8) is 0 Å². The highest BCUT2D eigenvalue weighted by Gasteiger charge is 2.37. The topological polar surface area (TPSA) is 39.6 Å². The molecule has 1 saturated heterocycles. The lowest BCUT2D eigenvalue weighted by Crippen LogP contribution is -2.34. The molecule has 2 rings (SSSR count). The molecule has 1 aromatic heterocycles. The maximum Gasteiger partial charge on any atom is 0.153 e. The van der Waals surface area contributed by atoms with Crippen LogP contribution in [0.4, 0.5) is 5.82 Å². The number of rotatable bonds is 1. The maximum absolute atomic E-state index is 10.0. The molecule has 0 amide bonds. The first-order valence-electron chi connectivity index (χ1n) is 4.93. The molecule has 4 heteroatoms. The fourth-order valence-corrected chi connectivity index (χ4v) is 1.74. The predicted octanol–water partition coefficient (Wildman–Crippen LogP) is 1.01. The summed E-state index contributed by atoms with van der Waals surface area (Å²) in [6.45, 7) is 5.90. The van der Waals surface area contributed by atoms with E-state index in [0.29, 0.717) is 0 Å². The minimum absolute atomic E-state index is 0.0273. The minimum Gasteiger partial charge on any atom is -0.371 e. The van der Waals surface area contributed by atoms with Gasteiger partial charge in [0.25, 0.3) is 0 Å². The van der Waals surface area contributed by atoms with Gasteiger partial charge in [-0.05, 0) is 19.1 Å². The summed E-state index contributed by atoms with van der Waals surface area (Å²) in [5.74, 6) is 1.50. The molecule has 0 radical (unpaired) electrons. The van der Waals surface area contributed by atoms with E-state index in [0.717, 1.165) is 11.6 Å². The molecule has 1 N–H and O–H groups in total. The highest BCUT2D eigenvalue weighted by molar-refractivity contribution is 5.47. The van der Waals surface area contributed by atoms with Crippen molar-refractivity contribution in [1.29, 1.82) is 0 Å². The standard InChI is InChI=1S/C11H15N3O/c1-8-11(15)14(9(2)13(8)3)10-6-4-5-7-12-10/h4-8,11,15H,2H2,1,3H3. The lowest BCUT2D eigenvalue weighted by molar-refractivity contribution is 0.138. The van der Waals surface area contributed by atoms with Crippen LogP contribution < -0.4 is 4.90 Å². The number of hydrogen-bond donors (Lipinski definition) is 1. The molecule has 1 aromatic rings. The second-order valence-electron chi connectivity index (χ2n) is 3.74. The van der Waals surface area contributed by atoms with E-state index in [4.69, 9.17) is 0 Å². The van der Waals surface area contributed by atoms with Crippen LogP contribution in [0.1, 0.15) is 6.92 Å². The molecule has 15 heavy (non-hydrogen) atoms. The van der Waals surface area contributed by atoms with Gasteiger partial charge in [-0.3, -0.25) is 4.90 Å². The Balaban J connectivity index is 2.35. The molecule has 4 nitrogen and oxygen atoms in total. The van der Waals surface area contributed by atoms with Crippen molar-refractivity contribution in [3.05, 3.63) is 36.8 Å². The van der Waals surface area contributed by atoms with Gasteiger partial charge in [-0.2, -0.15) is 0 Å². The van der Waals surface area contributed by atoms with Gasteiger partial charge in [-0.1, -0.05) is 12.6 Å². The Labute approximate surface area is 89.5 Å². The van der Waals surface area contributed by atoms with E-state index < -0.39 is 6.23 Å². The number of aliphatic hydroxyl groups is 1. The molecular weight excluding hydrogens is 190 g/mol. The Morgan fingerprint density at radius 3 is 2.67 bits per heavy atom. The average molecular weight is 205 g/mol. The SMILES string of the molecule is C=C1N(C)C(C)C(O)N1c1ccccn1. The molecular formula is C11H15N3O. The Kier molecular flexibility index (Phi) is 2.36. The number of nitrogens with zero attached hydrogens (tertiary/aromatic N) is 3. The third kappa shape index (κ3) is 1.47. The molecule has 0 aliphatic carbocycles. The third-order valence-electron chi connectivity index (χ3n) is 2.89. The van der Waals surface area contributed by atoms with Crippen LogP contribution in [0.5, 0.6) is 0 Å². The Morgan fingerprint density at radius 2 is 2.20 bits per heavy atom. The van der Waals surface area contributed by atoms with Crippen LogP contribution in [0.2, 0.25) is 0 Å². The quantitative estimate of drug-likeness (QED) is 0.742. The maximum atomic E-state index is 10.0. The van der Waals surface area contributed by atoms with Crippen molar-refractivity contribution in [2.24, 2.45) is 0 Å². The van der Waals surface area contributed by atoms with Gasteiger partial charge in [0.2, 0.25) is 0 Å². The van der Waals surface area contributed by atoms with Crippen molar-refractivity contribution in [2.45, 2.75) is 19.2 Å². The minimum atomic E-state index is -0.586. The summed E-state index contributed by atoms with van der Waals surface area (Å²) in [6, 6.07) is 5.63. The smallest absolute Gasteiger partial charge is 0.153 e. The number of aliphatic hydroxyl groups excluding tert-OH is 1. The molecule has 0 saturated carbocycles. The van der Waals surface area contributed by atoms with Crippen molar-refractivity contribution in [2.75, 3.05) is 11.9 Å². The third-order valence-corrected chi connectivity index (χ3v) is 2.89. The zero-order valence-corrected chi connectivity index (χ0v) is 8.96. The summed E-state index contributed by atoms with van der Waals surface area (Å²) in [5.41, 5.74) is 0. The number of likely N-dealkylation sites (N-methyl/N-ethyl adjacent to an activating group) is 1. The van der Waals surface area contributed by atoms with Crippen molar-refractivity contribution < 1.29 is 5.11 Å². The monoisotopic (exact) mass is 205 g/mol. The fourth-order valence-electron chi connectivity index (χ4n) is 1.74. The molecule has 2 atom stereocenters. The van der Waals surface area contributed by atoms with E-state index in [1.165, 1.54) is 0 Å². The molecule has 2 unspecified atom stereocenters. The summed E-state index contributed by atoms with van der Waals surface area (Å²) in [7, 11) is 1.92. The van der Waals surface area contributed by atoms with Crippen LogP contribution in [-0.4, -0.2) is 34.3 Å². The highest BCUT2D eigenvalue weighted by atomic mass is 16.3. The van der Waals surface area contributed by atoms with Gasteiger partial charge < -0.3 is 10.0 Å². The Bertz CT molecular complexity index is 365. The van der Waals surface area contributed by atoms with Crippen molar-refractivity contribution >= 4 is 5.82 Å². The molecule has 1 aliphatic heterocycles. The van der Waals surface area contributed by atoms with Gasteiger partial charge in [-0.25, -0.2) is 4.98 Å². The Morgan fingerprint density at radius 1 is 1.47 bits per heavy atom. The zero-order chi connectivity index (χ0) is 11.0. The lowest BCUT2D eigenvalue weighted by atomic mass is 10.3. The van der Waals surface area contributed by atoms with Crippen LogP contribution in [0.25, 0.3) is 0 Å². The summed E-state index contributed by atoms with van der Waals surface area (Å²) in [4.78, 5) is 7.89. The molecule has 0 spiro atoms. The van der Waals surface area contributed by atoms with E-state index in [2.05, 4.69) is 11.6 Å². The number of pyridine rings is 1. The van der Waals surface area contributed by atoms with E-state index in [1.807, 2.05) is 37.1 Å². The van der Waals surface area contributed by atoms with Gasteiger partial charge in [0.05, 0.1) is 6.04 Å². The van der Waals surface area contributed by atoms with E-state index >= 15 is 0 Å². The van der Waals surface area contributed by atoms with Crippen LogP contribution in [-0.2, 0) is 0 Å². The number of aromatic nitrogens is 1. The molecule has 80 valence electrons. The predicted molar refractivity (Wildman–Crippen MR) is 59.1 cm³/mol. The Hall–Kier alpha value is -1.55. The average Bonchev–Trinajstić information content (AvgIpc) is 2.45. The zero-order valence-electron chi connectivity index (χ0n) is 8.96. The summed E-state index contributed by atoms with van der Waals surface area (Å²) in [5, 5.41) is 10.0. The van der Waals surface area contributed by atoms with Crippen LogP contribution in [0.15, 0.2) is 36.8 Å². The van der Waals surface area contributed by atoms with Crippen LogP contribution >= 0.6 is 0 Å². The van der Waals surface area contributed by atoms with Gasteiger partial charge in [0.15, 0.2) is 6.23 Å². The number of anilines is 1. The first-order valence-corrected chi connectivity index (χ1v) is 4.93. The first-order chi connectivity index (χ1) is 7.13. The van der Waals surface area contributed by atoms with E-state index in [1.54, 1.807) is 11.1 Å².